The summed E-state index contributed by atoms with van der Waals surface area (Å²) in [5, 5.41) is 17.9. The van der Waals surface area contributed by atoms with Crippen molar-refractivity contribution in [1.29, 1.82) is 5.26 Å². The van der Waals surface area contributed by atoms with Crippen molar-refractivity contribution in [3.8, 4) is 34.4 Å². The predicted molar refractivity (Wildman–Crippen MR) is 155 cm³/mol. The zero-order chi connectivity index (χ0) is 28.3. The van der Waals surface area contributed by atoms with Crippen LogP contribution in [-0.4, -0.2) is 32.2 Å². The smallest absolute Gasteiger partial charge is 0.247 e. The van der Waals surface area contributed by atoms with Crippen LogP contribution in [0.5, 0.6) is 17.2 Å². The van der Waals surface area contributed by atoms with Crippen LogP contribution in [0.4, 0.5) is 17.2 Å². The highest BCUT2D eigenvalue weighted by Gasteiger charge is 2.23. The van der Waals surface area contributed by atoms with Crippen molar-refractivity contribution in [2.75, 3.05) is 32.0 Å². The molecule has 1 aromatic heterocycles. The molecule has 0 unspecified atom stereocenters. The largest absolute Gasteiger partial charge is 0.496 e. The number of ether oxygens (including phenoxy) is 3. The lowest BCUT2D eigenvalue weighted by Crippen LogP contribution is -2.10. The highest BCUT2D eigenvalue weighted by Crippen LogP contribution is 2.49. The Labute approximate surface area is 235 Å². The van der Waals surface area contributed by atoms with E-state index in [1.165, 1.54) is 27.4 Å². The molecular weight excluding hydrogens is 539 g/mol. The number of nitriles is 1. The van der Waals surface area contributed by atoms with E-state index in [0.29, 0.717) is 56.3 Å². The van der Waals surface area contributed by atoms with E-state index in [9.17, 15) is 10.1 Å². The van der Waals surface area contributed by atoms with Crippen LogP contribution in [0.2, 0.25) is 10.0 Å². The Morgan fingerprint density at radius 3 is 2.31 bits per heavy atom. The molecule has 0 atom stereocenters. The van der Waals surface area contributed by atoms with Crippen LogP contribution >= 0.6 is 23.2 Å². The minimum atomic E-state index is -0.362. The number of benzene rings is 3. The first-order chi connectivity index (χ1) is 18.8. The fraction of sp³-hybridized carbons (Fsp3) is 0.138. The molecule has 2 N–H and O–H groups in total. The number of aryl methyl sites for hydroxylation is 1. The van der Waals surface area contributed by atoms with Gasteiger partial charge in [0.05, 0.1) is 42.7 Å². The van der Waals surface area contributed by atoms with Gasteiger partial charge < -0.3 is 24.8 Å². The molecule has 39 heavy (non-hydrogen) atoms. The molecule has 0 radical (unpaired) electrons. The number of fused-ring (bicyclic) bond motifs is 1. The van der Waals surface area contributed by atoms with Gasteiger partial charge in [-0.2, -0.15) is 5.26 Å². The molecule has 0 fully saturated rings. The van der Waals surface area contributed by atoms with Crippen LogP contribution in [0.3, 0.4) is 0 Å². The van der Waals surface area contributed by atoms with Crippen molar-refractivity contribution in [3.63, 3.8) is 0 Å². The molecule has 1 amide bonds. The van der Waals surface area contributed by atoms with E-state index < -0.39 is 0 Å². The van der Waals surface area contributed by atoms with E-state index in [1.54, 1.807) is 30.5 Å². The molecule has 1 heterocycles. The molecule has 3 aromatic carbocycles. The van der Waals surface area contributed by atoms with Crippen LogP contribution in [0.1, 0.15) is 11.1 Å². The van der Waals surface area contributed by atoms with Crippen molar-refractivity contribution in [2.24, 2.45) is 0 Å². The van der Waals surface area contributed by atoms with Gasteiger partial charge in [-0.1, -0.05) is 41.9 Å². The number of carbonyl (C=O) groups is 1. The zero-order valence-electron chi connectivity index (χ0n) is 21.6. The second-order valence-corrected chi connectivity index (χ2v) is 9.09. The average Bonchev–Trinajstić information content (AvgIpc) is 2.94. The summed E-state index contributed by atoms with van der Waals surface area (Å²) in [4.78, 5) is 16.5. The number of methoxy groups -OCH3 is 3. The number of halogens is 2. The van der Waals surface area contributed by atoms with Gasteiger partial charge in [-0.3, -0.25) is 4.79 Å². The third kappa shape index (κ3) is 5.15. The molecule has 10 heteroatoms. The minimum absolute atomic E-state index is 0.279. The van der Waals surface area contributed by atoms with Gasteiger partial charge in [0.2, 0.25) is 5.91 Å². The number of carbonyl (C=O) groups excluding carboxylic acids is 1. The Morgan fingerprint density at radius 1 is 1.05 bits per heavy atom. The zero-order valence-corrected chi connectivity index (χ0v) is 23.1. The normalized spacial score (nSPS) is 10.5. The van der Waals surface area contributed by atoms with Gasteiger partial charge in [-0.15, -0.1) is 0 Å². The van der Waals surface area contributed by atoms with Crippen LogP contribution in [0.15, 0.2) is 55.3 Å². The molecule has 0 aliphatic rings. The first-order valence-corrected chi connectivity index (χ1v) is 12.3. The Hall–Kier alpha value is -4.45. The van der Waals surface area contributed by atoms with E-state index in [4.69, 9.17) is 37.4 Å². The molecule has 0 aliphatic carbocycles. The second-order valence-electron chi connectivity index (χ2n) is 8.33. The second kappa shape index (κ2) is 11.5. The molecule has 0 saturated heterocycles. The SMILES string of the molecule is C=CC(=O)Nc1cccc(C)c1Nc1ncc2cc(-c3c(Cl)c(OC)cc(OC)c3Cl)c(OC)cc2c1C#N. The van der Waals surface area contributed by atoms with E-state index >= 15 is 0 Å². The summed E-state index contributed by atoms with van der Waals surface area (Å²) >= 11 is 13.3. The van der Waals surface area contributed by atoms with Crippen molar-refractivity contribution >= 4 is 57.1 Å². The number of aromatic nitrogens is 1. The van der Waals surface area contributed by atoms with E-state index in [2.05, 4.69) is 28.3 Å². The maximum atomic E-state index is 12.0. The summed E-state index contributed by atoms with van der Waals surface area (Å²) in [5.74, 6) is 1.12. The predicted octanol–water partition coefficient (Wildman–Crippen LogP) is 7.28. The van der Waals surface area contributed by atoms with Gasteiger partial charge in [0.1, 0.15) is 34.7 Å². The third-order valence-corrected chi connectivity index (χ3v) is 6.88. The van der Waals surface area contributed by atoms with Crippen molar-refractivity contribution in [1.82, 2.24) is 4.98 Å². The van der Waals surface area contributed by atoms with Gasteiger partial charge in [0.15, 0.2) is 0 Å². The quantitative estimate of drug-likeness (QED) is 0.217. The Kier molecular flexibility index (Phi) is 8.15. The number of para-hydroxylation sites is 1. The number of hydrogen-bond acceptors (Lipinski definition) is 7. The lowest BCUT2D eigenvalue weighted by Gasteiger charge is -2.19. The van der Waals surface area contributed by atoms with Crippen LogP contribution in [0.25, 0.3) is 21.9 Å². The van der Waals surface area contributed by atoms with E-state index in [1.807, 2.05) is 19.1 Å². The summed E-state index contributed by atoms with van der Waals surface area (Å²) in [5.41, 5.74) is 3.26. The van der Waals surface area contributed by atoms with Crippen LogP contribution in [-0.2, 0) is 4.79 Å². The number of hydrogen-bond donors (Lipinski definition) is 2. The summed E-state index contributed by atoms with van der Waals surface area (Å²) < 4.78 is 16.5. The fourth-order valence-electron chi connectivity index (χ4n) is 4.18. The van der Waals surface area contributed by atoms with Crippen molar-refractivity contribution in [2.45, 2.75) is 6.92 Å². The van der Waals surface area contributed by atoms with E-state index in [-0.39, 0.29) is 21.5 Å². The summed E-state index contributed by atoms with van der Waals surface area (Å²) in [6.07, 6.45) is 2.81. The highest BCUT2D eigenvalue weighted by atomic mass is 35.5. The maximum Gasteiger partial charge on any atom is 0.247 e. The van der Waals surface area contributed by atoms with Gasteiger partial charge in [-0.25, -0.2) is 4.98 Å². The maximum absolute atomic E-state index is 12.0. The van der Waals surface area contributed by atoms with Gasteiger partial charge in [0.25, 0.3) is 0 Å². The Bertz CT molecular complexity index is 1640. The molecule has 198 valence electrons. The first kappa shape index (κ1) is 27.6. The molecule has 0 bridgehead atoms. The monoisotopic (exact) mass is 562 g/mol. The third-order valence-electron chi connectivity index (χ3n) is 6.12. The van der Waals surface area contributed by atoms with Gasteiger partial charge in [0, 0.05) is 34.2 Å². The van der Waals surface area contributed by atoms with Crippen molar-refractivity contribution < 1.29 is 19.0 Å². The number of nitrogens with zero attached hydrogens (tertiary/aromatic N) is 2. The lowest BCUT2D eigenvalue weighted by atomic mass is 9.98. The first-order valence-electron chi connectivity index (χ1n) is 11.6. The molecular formula is C29H24Cl2N4O4. The lowest BCUT2D eigenvalue weighted by molar-refractivity contribution is -0.111. The number of nitrogens with one attached hydrogen (secondary N) is 2. The molecule has 0 aliphatic heterocycles. The number of pyridine rings is 1. The molecule has 4 rings (SSSR count). The Morgan fingerprint density at radius 2 is 1.72 bits per heavy atom. The summed E-state index contributed by atoms with van der Waals surface area (Å²) in [6, 6.07) is 12.8. The van der Waals surface area contributed by atoms with Gasteiger partial charge >= 0.3 is 0 Å². The standard InChI is InChI=1S/C29H24Cl2N4O4/c1-6-24(36)34-20-9-7-8-15(2)28(20)35-29-19(13-32)17-11-21(37-3)18(10-16(17)14-33-29)25-26(30)22(38-4)12-23(39-5)27(25)31/h6-12,14H,1H2,2-5H3,(H,33,35)(H,34,36). The number of anilines is 3. The highest BCUT2D eigenvalue weighted by molar-refractivity contribution is 6.41. The molecule has 4 aromatic rings. The van der Waals surface area contributed by atoms with E-state index in [0.717, 1.165) is 5.56 Å². The number of rotatable bonds is 8. The molecule has 0 saturated carbocycles. The molecule has 8 nitrogen and oxygen atoms in total. The summed E-state index contributed by atoms with van der Waals surface area (Å²) in [6.45, 7) is 5.38. The molecule has 0 spiro atoms. The topological polar surface area (TPSA) is 106 Å². The minimum Gasteiger partial charge on any atom is -0.496 e. The number of amides is 1. The van der Waals surface area contributed by atoms with Crippen molar-refractivity contribution in [3.05, 3.63) is 76.4 Å². The van der Waals surface area contributed by atoms with Gasteiger partial charge in [-0.05, 0) is 36.8 Å². The Balaban J connectivity index is 1.91. The summed E-state index contributed by atoms with van der Waals surface area (Å²) in [7, 11) is 4.50. The van der Waals surface area contributed by atoms with Crippen LogP contribution in [0, 0.1) is 18.3 Å². The average molecular weight is 563 g/mol. The fourth-order valence-corrected chi connectivity index (χ4v) is 4.88. The van der Waals surface area contributed by atoms with Crippen LogP contribution < -0.4 is 24.8 Å².